The van der Waals surface area contributed by atoms with Crippen LogP contribution in [0.15, 0.2) is 59.8 Å². The van der Waals surface area contributed by atoms with Gasteiger partial charge in [0.05, 0.1) is 24.5 Å². The van der Waals surface area contributed by atoms with Crippen LogP contribution in [0, 0.1) is 5.82 Å². The molecule has 0 saturated heterocycles. The third kappa shape index (κ3) is 3.03. The van der Waals surface area contributed by atoms with Gasteiger partial charge in [-0.3, -0.25) is 10.4 Å². The Labute approximate surface area is 127 Å². The van der Waals surface area contributed by atoms with Crippen LogP contribution in [0.5, 0.6) is 5.75 Å². The number of nitrogens with one attached hydrogen (secondary N) is 1. The molecule has 0 aliphatic carbocycles. The minimum Gasteiger partial charge on any atom is -0.497 e. The van der Waals surface area contributed by atoms with Crippen molar-refractivity contribution in [2.45, 2.75) is 0 Å². The van der Waals surface area contributed by atoms with Gasteiger partial charge in [-0.2, -0.15) is 5.10 Å². The molecule has 110 valence electrons. The molecule has 0 aliphatic rings. The van der Waals surface area contributed by atoms with Gasteiger partial charge in [0.2, 0.25) is 0 Å². The van der Waals surface area contributed by atoms with E-state index in [4.69, 9.17) is 4.74 Å². The number of hydrazone groups is 1. The maximum atomic E-state index is 12.8. The maximum Gasteiger partial charge on any atom is 0.123 e. The Balaban J connectivity index is 1.85. The smallest absolute Gasteiger partial charge is 0.123 e. The van der Waals surface area contributed by atoms with Gasteiger partial charge >= 0.3 is 0 Å². The number of pyridine rings is 1. The molecule has 22 heavy (non-hydrogen) atoms. The highest BCUT2D eigenvalue weighted by Crippen LogP contribution is 2.25. The lowest BCUT2D eigenvalue weighted by atomic mass is 10.2. The van der Waals surface area contributed by atoms with E-state index in [1.807, 2.05) is 24.3 Å². The third-order valence-corrected chi connectivity index (χ3v) is 3.22. The number of fused-ring (bicyclic) bond motifs is 1. The SMILES string of the molecule is COc1ccc2nccc(N/N=C/c3ccc(F)cc3)c2c1. The van der Waals surface area contributed by atoms with Gasteiger partial charge in [-0.05, 0) is 42.0 Å². The topological polar surface area (TPSA) is 46.5 Å². The van der Waals surface area contributed by atoms with Crippen LogP contribution in [0.1, 0.15) is 5.56 Å². The number of hydrogen-bond acceptors (Lipinski definition) is 4. The Kier molecular flexibility index (Phi) is 3.96. The van der Waals surface area contributed by atoms with Crippen molar-refractivity contribution in [2.24, 2.45) is 5.10 Å². The van der Waals surface area contributed by atoms with E-state index in [9.17, 15) is 4.39 Å². The number of methoxy groups -OCH3 is 1. The minimum absolute atomic E-state index is 0.266. The quantitative estimate of drug-likeness (QED) is 0.588. The Hall–Kier alpha value is -2.95. The lowest BCUT2D eigenvalue weighted by Crippen LogP contribution is -1.93. The van der Waals surface area contributed by atoms with Crippen LogP contribution in [-0.2, 0) is 0 Å². The van der Waals surface area contributed by atoms with Crippen LogP contribution in [0.4, 0.5) is 10.1 Å². The summed E-state index contributed by atoms with van der Waals surface area (Å²) in [6.07, 6.45) is 3.34. The molecule has 3 rings (SSSR count). The van der Waals surface area contributed by atoms with E-state index in [-0.39, 0.29) is 5.82 Å². The van der Waals surface area contributed by atoms with Crippen molar-refractivity contribution in [3.63, 3.8) is 0 Å². The number of anilines is 1. The lowest BCUT2D eigenvalue weighted by molar-refractivity contribution is 0.415. The molecule has 0 atom stereocenters. The van der Waals surface area contributed by atoms with Crippen LogP contribution >= 0.6 is 0 Å². The van der Waals surface area contributed by atoms with E-state index in [1.165, 1.54) is 12.1 Å². The van der Waals surface area contributed by atoms with E-state index >= 15 is 0 Å². The number of rotatable bonds is 4. The minimum atomic E-state index is -0.266. The number of aromatic nitrogens is 1. The molecule has 1 aromatic heterocycles. The predicted octanol–water partition coefficient (Wildman–Crippen LogP) is 3.83. The molecule has 0 amide bonds. The number of ether oxygens (including phenoxy) is 1. The Bertz CT molecular complexity index is 816. The second-order valence-corrected chi connectivity index (χ2v) is 4.66. The van der Waals surface area contributed by atoms with Crippen LogP contribution in [-0.4, -0.2) is 18.3 Å². The highest BCUT2D eigenvalue weighted by Gasteiger charge is 2.02. The number of hydrogen-bond donors (Lipinski definition) is 1. The monoisotopic (exact) mass is 295 g/mol. The summed E-state index contributed by atoms with van der Waals surface area (Å²) in [4.78, 5) is 4.30. The first-order valence-electron chi connectivity index (χ1n) is 6.74. The van der Waals surface area contributed by atoms with E-state index in [2.05, 4.69) is 15.5 Å². The largest absolute Gasteiger partial charge is 0.497 e. The molecule has 3 aromatic rings. The van der Waals surface area contributed by atoms with Gasteiger partial charge in [-0.25, -0.2) is 4.39 Å². The molecule has 0 radical (unpaired) electrons. The van der Waals surface area contributed by atoms with Crippen molar-refractivity contribution in [3.8, 4) is 5.75 Å². The van der Waals surface area contributed by atoms with Crippen LogP contribution in [0.2, 0.25) is 0 Å². The average molecular weight is 295 g/mol. The van der Waals surface area contributed by atoms with Crippen LogP contribution in [0.25, 0.3) is 10.9 Å². The van der Waals surface area contributed by atoms with Crippen molar-refractivity contribution in [2.75, 3.05) is 12.5 Å². The third-order valence-electron chi connectivity index (χ3n) is 3.22. The summed E-state index contributed by atoms with van der Waals surface area (Å²) < 4.78 is 18.1. The van der Waals surface area contributed by atoms with Crippen molar-refractivity contribution in [1.82, 2.24) is 4.98 Å². The lowest BCUT2D eigenvalue weighted by Gasteiger charge is -2.07. The molecule has 1 N–H and O–H groups in total. The van der Waals surface area contributed by atoms with Crippen LogP contribution in [0.3, 0.4) is 0 Å². The summed E-state index contributed by atoms with van der Waals surface area (Å²) >= 11 is 0. The van der Waals surface area contributed by atoms with Gasteiger partial charge in [0, 0.05) is 11.6 Å². The van der Waals surface area contributed by atoms with Gasteiger partial charge in [0.25, 0.3) is 0 Å². The zero-order chi connectivity index (χ0) is 15.4. The van der Waals surface area contributed by atoms with Gasteiger partial charge in [-0.15, -0.1) is 0 Å². The number of halogens is 1. The fraction of sp³-hybridized carbons (Fsp3) is 0.0588. The first-order chi connectivity index (χ1) is 10.8. The predicted molar refractivity (Wildman–Crippen MR) is 85.9 cm³/mol. The Morgan fingerprint density at radius 1 is 1.14 bits per heavy atom. The summed E-state index contributed by atoms with van der Waals surface area (Å²) in [5.74, 6) is 0.489. The molecule has 0 unspecified atom stereocenters. The maximum absolute atomic E-state index is 12.8. The van der Waals surface area contributed by atoms with Gasteiger partial charge in [0.15, 0.2) is 0 Å². The molecule has 2 aromatic carbocycles. The molecule has 0 aliphatic heterocycles. The van der Waals surface area contributed by atoms with Gasteiger partial charge < -0.3 is 4.74 Å². The summed E-state index contributed by atoms with van der Waals surface area (Å²) in [5, 5.41) is 5.10. The standard InChI is InChI=1S/C17H14FN3O/c1-22-14-6-7-16-15(10-14)17(8-9-19-16)21-20-11-12-2-4-13(18)5-3-12/h2-11H,1H3,(H,19,21)/b20-11+. The molecular weight excluding hydrogens is 281 g/mol. The van der Waals surface area contributed by atoms with Gasteiger partial charge in [0.1, 0.15) is 11.6 Å². The molecule has 0 bridgehead atoms. The zero-order valence-corrected chi connectivity index (χ0v) is 12.0. The first-order valence-corrected chi connectivity index (χ1v) is 6.74. The summed E-state index contributed by atoms with van der Waals surface area (Å²) in [6.45, 7) is 0. The van der Waals surface area contributed by atoms with E-state index < -0.39 is 0 Å². The normalized spacial score (nSPS) is 11.0. The molecule has 0 saturated carbocycles. The summed E-state index contributed by atoms with van der Waals surface area (Å²) in [5.41, 5.74) is 5.46. The molecular formula is C17H14FN3O. The fourth-order valence-electron chi connectivity index (χ4n) is 2.08. The molecule has 5 heteroatoms. The Morgan fingerprint density at radius 2 is 1.95 bits per heavy atom. The second kappa shape index (κ2) is 6.22. The van der Waals surface area contributed by atoms with E-state index in [0.717, 1.165) is 27.9 Å². The fourth-order valence-corrected chi connectivity index (χ4v) is 2.08. The summed E-state index contributed by atoms with van der Waals surface area (Å²) in [6, 6.07) is 13.6. The van der Waals surface area contributed by atoms with Crippen molar-refractivity contribution in [3.05, 3.63) is 66.1 Å². The average Bonchev–Trinajstić information content (AvgIpc) is 2.56. The van der Waals surface area contributed by atoms with Crippen LogP contribution < -0.4 is 10.2 Å². The summed E-state index contributed by atoms with van der Waals surface area (Å²) in [7, 11) is 1.62. The number of nitrogens with zero attached hydrogens (tertiary/aromatic N) is 2. The van der Waals surface area contributed by atoms with Crippen molar-refractivity contribution >= 4 is 22.8 Å². The van der Waals surface area contributed by atoms with E-state index in [1.54, 1.807) is 31.7 Å². The molecule has 1 heterocycles. The Morgan fingerprint density at radius 3 is 2.73 bits per heavy atom. The van der Waals surface area contributed by atoms with Crippen molar-refractivity contribution in [1.29, 1.82) is 0 Å². The highest BCUT2D eigenvalue weighted by atomic mass is 19.1. The first kappa shape index (κ1) is 14.0. The molecule has 4 nitrogen and oxygen atoms in total. The van der Waals surface area contributed by atoms with Crippen molar-refractivity contribution < 1.29 is 9.13 Å². The highest BCUT2D eigenvalue weighted by molar-refractivity contribution is 5.92. The second-order valence-electron chi connectivity index (χ2n) is 4.66. The van der Waals surface area contributed by atoms with E-state index in [0.29, 0.717) is 0 Å². The zero-order valence-electron chi connectivity index (χ0n) is 12.0. The molecule has 0 spiro atoms. The van der Waals surface area contributed by atoms with Gasteiger partial charge in [-0.1, -0.05) is 12.1 Å². The molecule has 0 fully saturated rings. The number of benzene rings is 2.